The molecule has 2 aromatic carbocycles. The monoisotopic (exact) mass is 475 g/mol. The summed E-state index contributed by atoms with van der Waals surface area (Å²) < 4.78 is 53.4. The van der Waals surface area contributed by atoms with Crippen LogP contribution in [0.4, 0.5) is 13.2 Å². The number of fused-ring (bicyclic) bond motifs is 1. The fraction of sp³-hybridized carbons (Fsp3) is 0.217. The Morgan fingerprint density at radius 1 is 1.03 bits per heavy atom. The van der Waals surface area contributed by atoms with Crippen molar-refractivity contribution in [2.45, 2.75) is 23.7 Å². The van der Waals surface area contributed by atoms with Crippen molar-refractivity contribution in [3.8, 4) is 17.2 Å². The zero-order valence-corrected chi connectivity index (χ0v) is 18.4. The number of halogens is 3. The lowest BCUT2D eigenvalue weighted by molar-refractivity contribution is -0.153. The van der Waals surface area contributed by atoms with Gasteiger partial charge in [-0.3, -0.25) is 4.98 Å². The molecule has 1 N–H and O–H groups in total. The first-order chi connectivity index (χ1) is 15.9. The first-order valence-electron chi connectivity index (χ1n) is 9.92. The number of alkyl halides is 3. The third kappa shape index (κ3) is 6.10. The maximum atomic E-state index is 12.4. The molecular weight excluding hydrogens is 455 g/mol. The second-order valence-corrected chi connectivity index (χ2v) is 7.94. The van der Waals surface area contributed by atoms with Gasteiger partial charge in [0.05, 0.1) is 23.8 Å². The SMILES string of the molecule is COc1c(OCc2ccccc2)ccnc1CSc1nc2ccc(OCC(F)(F)F)cc2[nH]1. The number of nitrogens with one attached hydrogen (secondary N) is 1. The smallest absolute Gasteiger partial charge is 0.422 e. The van der Waals surface area contributed by atoms with Gasteiger partial charge in [-0.15, -0.1) is 0 Å². The van der Waals surface area contributed by atoms with Gasteiger partial charge in [0.1, 0.15) is 12.4 Å². The van der Waals surface area contributed by atoms with Crippen LogP contribution in [0.2, 0.25) is 0 Å². The lowest BCUT2D eigenvalue weighted by Gasteiger charge is -2.13. The highest BCUT2D eigenvalue weighted by Crippen LogP contribution is 2.34. The van der Waals surface area contributed by atoms with Crippen molar-refractivity contribution >= 4 is 22.8 Å². The Balaban J connectivity index is 1.43. The largest absolute Gasteiger partial charge is 0.491 e. The molecule has 0 spiro atoms. The van der Waals surface area contributed by atoms with E-state index in [1.165, 1.54) is 23.9 Å². The van der Waals surface area contributed by atoms with E-state index in [4.69, 9.17) is 14.2 Å². The van der Waals surface area contributed by atoms with E-state index in [2.05, 4.69) is 15.0 Å². The minimum Gasteiger partial charge on any atom is -0.491 e. The maximum absolute atomic E-state index is 12.4. The van der Waals surface area contributed by atoms with Crippen molar-refractivity contribution in [3.63, 3.8) is 0 Å². The van der Waals surface area contributed by atoms with Crippen molar-refractivity contribution < 1.29 is 27.4 Å². The third-order valence-corrected chi connectivity index (χ3v) is 5.45. The second-order valence-electron chi connectivity index (χ2n) is 6.98. The minimum atomic E-state index is -4.39. The van der Waals surface area contributed by atoms with Crippen LogP contribution in [0, 0.1) is 0 Å². The van der Waals surface area contributed by atoms with Gasteiger partial charge in [-0.05, 0) is 17.7 Å². The summed E-state index contributed by atoms with van der Waals surface area (Å²) in [5, 5.41) is 0.595. The van der Waals surface area contributed by atoms with Crippen LogP contribution in [0.5, 0.6) is 17.2 Å². The van der Waals surface area contributed by atoms with Gasteiger partial charge < -0.3 is 19.2 Å². The van der Waals surface area contributed by atoms with Gasteiger partial charge in [-0.1, -0.05) is 42.1 Å². The fourth-order valence-electron chi connectivity index (χ4n) is 3.07. The number of thioether (sulfide) groups is 1. The highest BCUT2D eigenvalue weighted by atomic mass is 32.2. The summed E-state index contributed by atoms with van der Waals surface area (Å²) in [7, 11) is 1.56. The van der Waals surface area contributed by atoms with Crippen molar-refractivity contribution in [3.05, 3.63) is 72.1 Å². The van der Waals surface area contributed by atoms with E-state index < -0.39 is 12.8 Å². The molecule has 0 radical (unpaired) electrons. The van der Waals surface area contributed by atoms with Crippen molar-refractivity contribution in [1.29, 1.82) is 0 Å². The molecule has 0 fully saturated rings. The molecule has 0 aliphatic rings. The van der Waals surface area contributed by atoms with Gasteiger partial charge in [-0.2, -0.15) is 13.2 Å². The lowest BCUT2D eigenvalue weighted by Crippen LogP contribution is -2.19. The highest BCUT2D eigenvalue weighted by molar-refractivity contribution is 7.98. The molecule has 0 bridgehead atoms. The summed E-state index contributed by atoms with van der Waals surface area (Å²) in [5.41, 5.74) is 2.92. The van der Waals surface area contributed by atoms with Crippen LogP contribution in [0.15, 0.2) is 66.0 Å². The zero-order valence-electron chi connectivity index (χ0n) is 17.6. The van der Waals surface area contributed by atoms with Gasteiger partial charge in [0.15, 0.2) is 23.3 Å². The van der Waals surface area contributed by atoms with Gasteiger partial charge in [0.2, 0.25) is 0 Å². The Labute approximate surface area is 192 Å². The standard InChI is InChI=1S/C23H20F3N3O3S/c1-30-21-19(27-10-9-20(21)31-12-15-5-3-2-4-6-15)13-33-22-28-17-8-7-16(11-18(17)29-22)32-14-23(24,25)26/h2-11H,12-14H2,1H3,(H,28,29). The van der Waals surface area contributed by atoms with Crippen LogP contribution in [0.25, 0.3) is 11.0 Å². The Morgan fingerprint density at radius 2 is 1.85 bits per heavy atom. The van der Waals surface area contributed by atoms with E-state index >= 15 is 0 Å². The number of aromatic nitrogens is 3. The molecule has 0 amide bonds. The second kappa shape index (κ2) is 10.0. The molecule has 0 aliphatic heterocycles. The van der Waals surface area contributed by atoms with Crippen LogP contribution in [-0.4, -0.2) is 34.8 Å². The van der Waals surface area contributed by atoms with E-state index in [1.54, 1.807) is 25.4 Å². The summed E-state index contributed by atoms with van der Waals surface area (Å²) in [6.45, 7) is -0.946. The summed E-state index contributed by atoms with van der Waals surface area (Å²) in [5.74, 6) is 1.69. The van der Waals surface area contributed by atoms with Crippen LogP contribution < -0.4 is 14.2 Å². The van der Waals surface area contributed by atoms with E-state index in [-0.39, 0.29) is 5.75 Å². The van der Waals surface area contributed by atoms with E-state index in [1.807, 2.05) is 30.3 Å². The molecule has 0 unspecified atom stereocenters. The number of methoxy groups -OCH3 is 1. The predicted octanol–water partition coefficient (Wildman–Crippen LogP) is 5.78. The zero-order chi connectivity index (χ0) is 23.3. The van der Waals surface area contributed by atoms with Crippen molar-refractivity contribution in [2.24, 2.45) is 0 Å². The molecule has 2 aromatic heterocycles. The summed E-state index contributed by atoms with van der Waals surface area (Å²) in [6, 6.07) is 16.1. The fourth-order valence-corrected chi connectivity index (χ4v) is 3.89. The Hall–Kier alpha value is -3.40. The number of ether oxygens (including phenoxy) is 3. The number of benzene rings is 2. The number of imidazole rings is 1. The summed E-state index contributed by atoms with van der Waals surface area (Å²) >= 11 is 1.39. The molecule has 172 valence electrons. The van der Waals surface area contributed by atoms with E-state index in [0.717, 1.165) is 5.56 Å². The Kier molecular flexibility index (Phi) is 6.93. The molecule has 10 heteroatoms. The first-order valence-corrected chi connectivity index (χ1v) is 10.9. The number of hydrogen-bond acceptors (Lipinski definition) is 6. The first kappa shape index (κ1) is 22.8. The molecule has 4 rings (SSSR count). The van der Waals surface area contributed by atoms with Crippen LogP contribution in [0.1, 0.15) is 11.3 Å². The molecule has 6 nitrogen and oxygen atoms in total. The third-order valence-electron chi connectivity index (χ3n) is 4.56. The van der Waals surface area contributed by atoms with Gasteiger partial charge >= 0.3 is 6.18 Å². The lowest BCUT2D eigenvalue weighted by atomic mass is 10.2. The molecule has 0 aliphatic carbocycles. The molecule has 0 saturated heterocycles. The quantitative estimate of drug-likeness (QED) is 0.310. The van der Waals surface area contributed by atoms with E-state index in [9.17, 15) is 13.2 Å². The summed E-state index contributed by atoms with van der Waals surface area (Å²) in [4.78, 5) is 12.0. The number of nitrogens with zero attached hydrogens (tertiary/aromatic N) is 2. The van der Waals surface area contributed by atoms with Crippen LogP contribution in [-0.2, 0) is 12.4 Å². The van der Waals surface area contributed by atoms with Crippen molar-refractivity contribution in [1.82, 2.24) is 15.0 Å². The van der Waals surface area contributed by atoms with Gasteiger partial charge in [0, 0.05) is 24.1 Å². The van der Waals surface area contributed by atoms with Crippen molar-refractivity contribution in [2.75, 3.05) is 13.7 Å². The predicted molar refractivity (Wildman–Crippen MR) is 119 cm³/mol. The topological polar surface area (TPSA) is 69.3 Å². The number of pyridine rings is 1. The molecule has 0 atom stereocenters. The minimum absolute atomic E-state index is 0.117. The normalized spacial score (nSPS) is 11.5. The highest BCUT2D eigenvalue weighted by Gasteiger charge is 2.28. The maximum Gasteiger partial charge on any atom is 0.422 e. The number of aromatic amines is 1. The molecule has 0 saturated carbocycles. The average molecular weight is 475 g/mol. The number of rotatable bonds is 9. The molecule has 4 aromatic rings. The van der Waals surface area contributed by atoms with Gasteiger partial charge in [0.25, 0.3) is 0 Å². The average Bonchev–Trinajstić information content (AvgIpc) is 3.22. The number of H-pyrrole nitrogens is 1. The Morgan fingerprint density at radius 3 is 2.61 bits per heavy atom. The molecular formula is C23H20F3N3O3S. The Bertz CT molecular complexity index is 1220. The van der Waals surface area contributed by atoms with Crippen LogP contribution >= 0.6 is 11.8 Å². The molecule has 33 heavy (non-hydrogen) atoms. The summed E-state index contributed by atoms with van der Waals surface area (Å²) in [6.07, 6.45) is -2.74. The van der Waals surface area contributed by atoms with Crippen LogP contribution in [0.3, 0.4) is 0 Å². The van der Waals surface area contributed by atoms with E-state index in [0.29, 0.717) is 45.7 Å². The number of hydrogen-bond donors (Lipinski definition) is 1. The van der Waals surface area contributed by atoms with Gasteiger partial charge in [-0.25, -0.2) is 4.98 Å². The molecule has 2 heterocycles.